The second-order valence-corrected chi connectivity index (χ2v) is 5.19. The molecule has 0 bridgehead atoms. The third kappa shape index (κ3) is 6.12. The largest absolute Gasteiger partial charge is 0.445 e. The highest BCUT2D eigenvalue weighted by Crippen LogP contribution is 2.00. The van der Waals surface area contributed by atoms with Crippen molar-refractivity contribution in [1.29, 1.82) is 0 Å². The van der Waals surface area contributed by atoms with Gasteiger partial charge in [-0.2, -0.15) is 0 Å². The van der Waals surface area contributed by atoms with E-state index in [4.69, 9.17) is 4.74 Å². The van der Waals surface area contributed by atoms with Crippen LogP contribution < -0.4 is 16.0 Å². The van der Waals surface area contributed by atoms with Crippen molar-refractivity contribution in [3.63, 3.8) is 0 Å². The average Bonchev–Trinajstić information content (AvgIpc) is 3.03. The minimum Gasteiger partial charge on any atom is -0.445 e. The minimum atomic E-state index is -0.616. The number of carbonyl (C=O) groups is 1. The van der Waals surface area contributed by atoms with E-state index in [1.54, 1.807) is 0 Å². The van der Waals surface area contributed by atoms with Crippen LogP contribution in [-0.2, 0) is 11.3 Å². The monoisotopic (exact) mass is 293 g/mol. The molecule has 0 saturated carbocycles. The lowest BCUT2D eigenvalue weighted by Gasteiger charge is -2.16. The molecule has 2 atom stereocenters. The van der Waals surface area contributed by atoms with Gasteiger partial charge in [0.2, 0.25) is 0 Å². The zero-order valence-electron chi connectivity index (χ0n) is 12.0. The van der Waals surface area contributed by atoms with Gasteiger partial charge in [-0.1, -0.05) is 30.3 Å². The van der Waals surface area contributed by atoms with Crippen LogP contribution in [-0.4, -0.2) is 49.5 Å². The Morgan fingerprint density at radius 1 is 1.38 bits per heavy atom. The SMILES string of the molecule is O=C(NC[C@@H](O)CNC1CCNC1)OCc1ccccc1. The maximum atomic E-state index is 11.5. The lowest BCUT2D eigenvalue weighted by molar-refractivity contribution is 0.124. The molecule has 1 saturated heterocycles. The van der Waals surface area contributed by atoms with Crippen molar-refractivity contribution in [3.8, 4) is 0 Å². The van der Waals surface area contributed by atoms with Gasteiger partial charge < -0.3 is 25.8 Å². The number of alkyl carbamates (subject to hydrolysis) is 1. The average molecular weight is 293 g/mol. The van der Waals surface area contributed by atoms with Gasteiger partial charge in [-0.05, 0) is 18.5 Å². The first kappa shape index (κ1) is 15.8. The van der Waals surface area contributed by atoms with Crippen molar-refractivity contribution >= 4 is 6.09 Å². The molecule has 2 rings (SSSR count). The van der Waals surface area contributed by atoms with E-state index in [2.05, 4.69) is 16.0 Å². The summed E-state index contributed by atoms with van der Waals surface area (Å²) in [7, 11) is 0. The van der Waals surface area contributed by atoms with Gasteiger partial charge in [0.25, 0.3) is 0 Å². The molecular weight excluding hydrogens is 270 g/mol. The molecule has 1 aromatic rings. The molecule has 0 aliphatic carbocycles. The zero-order chi connectivity index (χ0) is 14.9. The maximum Gasteiger partial charge on any atom is 0.407 e. The molecule has 0 spiro atoms. The highest BCUT2D eigenvalue weighted by atomic mass is 16.5. The number of amides is 1. The molecule has 1 unspecified atom stereocenters. The van der Waals surface area contributed by atoms with Crippen molar-refractivity contribution in [2.75, 3.05) is 26.2 Å². The van der Waals surface area contributed by atoms with Gasteiger partial charge in [0.05, 0.1) is 6.10 Å². The smallest absolute Gasteiger partial charge is 0.407 e. The van der Waals surface area contributed by atoms with Crippen LogP contribution in [0.15, 0.2) is 30.3 Å². The Hall–Kier alpha value is -1.63. The second-order valence-electron chi connectivity index (χ2n) is 5.19. The van der Waals surface area contributed by atoms with E-state index in [-0.39, 0.29) is 13.2 Å². The summed E-state index contributed by atoms with van der Waals surface area (Å²) >= 11 is 0. The van der Waals surface area contributed by atoms with Crippen LogP contribution in [0.5, 0.6) is 0 Å². The number of rotatable bonds is 7. The van der Waals surface area contributed by atoms with Crippen molar-refractivity contribution < 1.29 is 14.6 Å². The van der Waals surface area contributed by atoms with E-state index < -0.39 is 12.2 Å². The number of ether oxygens (including phenoxy) is 1. The summed E-state index contributed by atoms with van der Waals surface area (Å²) in [5, 5.41) is 18.9. The molecule has 116 valence electrons. The topological polar surface area (TPSA) is 82.6 Å². The summed E-state index contributed by atoms with van der Waals surface area (Å²) < 4.78 is 5.06. The highest BCUT2D eigenvalue weighted by molar-refractivity contribution is 5.67. The first-order valence-electron chi connectivity index (χ1n) is 7.31. The van der Waals surface area contributed by atoms with Gasteiger partial charge in [-0.25, -0.2) is 4.79 Å². The Morgan fingerprint density at radius 2 is 2.19 bits per heavy atom. The van der Waals surface area contributed by atoms with Crippen molar-refractivity contribution in [2.45, 2.75) is 25.2 Å². The molecule has 6 heteroatoms. The van der Waals surface area contributed by atoms with E-state index in [0.717, 1.165) is 25.1 Å². The van der Waals surface area contributed by atoms with E-state index in [9.17, 15) is 9.90 Å². The predicted molar refractivity (Wildman–Crippen MR) is 79.9 cm³/mol. The lowest BCUT2D eigenvalue weighted by Crippen LogP contribution is -2.42. The molecule has 1 heterocycles. The van der Waals surface area contributed by atoms with Gasteiger partial charge in [-0.3, -0.25) is 0 Å². The zero-order valence-corrected chi connectivity index (χ0v) is 12.0. The third-order valence-electron chi connectivity index (χ3n) is 3.40. The molecule has 4 N–H and O–H groups in total. The van der Waals surface area contributed by atoms with Crippen LogP contribution in [0, 0.1) is 0 Å². The van der Waals surface area contributed by atoms with Gasteiger partial charge in [-0.15, -0.1) is 0 Å². The van der Waals surface area contributed by atoms with Crippen molar-refractivity contribution in [2.24, 2.45) is 0 Å². The fourth-order valence-corrected chi connectivity index (χ4v) is 2.18. The minimum absolute atomic E-state index is 0.181. The van der Waals surface area contributed by atoms with Gasteiger partial charge in [0.1, 0.15) is 6.61 Å². The quantitative estimate of drug-likeness (QED) is 0.578. The Kier molecular flexibility index (Phi) is 6.46. The van der Waals surface area contributed by atoms with Crippen LogP contribution in [0.2, 0.25) is 0 Å². The van der Waals surface area contributed by atoms with Gasteiger partial charge in [0, 0.05) is 25.7 Å². The van der Waals surface area contributed by atoms with Crippen LogP contribution in [0.1, 0.15) is 12.0 Å². The van der Waals surface area contributed by atoms with Crippen LogP contribution in [0.4, 0.5) is 4.79 Å². The molecule has 0 radical (unpaired) electrons. The van der Waals surface area contributed by atoms with Crippen LogP contribution in [0.25, 0.3) is 0 Å². The molecular formula is C15H23N3O3. The summed E-state index contributed by atoms with van der Waals surface area (Å²) in [6, 6.07) is 9.88. The van der Waals surface area contributed by atoms with Gasteiger partial charge >= 0.3 is 6.09 Å². The second kappa shape index (κ2) is 8.61. The molecule has 1 aliphatic rings. The fraction of sp³-hybridized carbons (Fsp3) is 0.533. The third-order valence-corrected chi connectivity index (χ3v) is 3.40. The van der Waals surface area contributed by atoms with E-state index in [1.165, 1.54) is 0 Å². The number of aliphatic hydroxyl groups excluding tert-OH is 1. The predicted octanol–water partition coefficient (Wildman–Crippen LogP) is 0.225. The number of carbonyl (C=O) groups excluding carboxylic acids is 1. The van der Waals surface area contributed by atoms with Crippen molar-refractivity contribution in [1.82, 2.24) is 16.0 Å². The standard InChI is InChI=1S/C15H23N3O3/c19-14(9-17-13-6-7-16-8-13)10-18-15(20)21-11-12-4-2-1-3-5-12/h1-5,13-14,16-17,19H,6-11H2,(H,18,20)/t13?,14-/m0/s1. The molecule has 1 amide bonds. The Labute approximate surface area is 124 Å². The summed E-state index contributed by atoms with van der Waals surface area (Å²) in [6.45, 7) is 2.82. The fourth-order valence-electron chi connectivity index (χ4n) is 2.18. The molecule has 6 nitrogen and oxygen atoms in total. The summed E-state index contributed by atoms with van der Waals surface area (Å²) in [5.74, 6) is 0. The molecule has 0 aromatic heterocycles. The summed E-state index contributed by atoms with van der Waals surface area (Å²) in [5.41, 5.74) is 0.934. The highest BCUT2D eigenvalue weighted by Gasteiger charge is 2.15. The van der Waals surface area contributed by atoms with Crippen molar-refractivity contribution in [3.05, 3.63) is 35.9 Å². The Morgan fingerprint density at radius 3 is 2.90 bits per heavy atom. The number of hydrogen-bond donors (Lipinski definition) is 4. The first-order chi connectivity index (χ1) is 10.2. The molecule has 1 aliphatic heterocycles. The number of aliphatic hydroxyl groups is 1. The van der Waals surface area contributed by atoms with Crippen LogP contribution in [0.3, 0.4) is 0 Å². The normalized spacial score (nSPS) is 19.2. The van der Waals surface area contributed by atoms with Gasteiger partial charge in [0.15, 0.2) is 0 Å². The van der Waals surface area contributed by atoms with Crippen LogP contribution >= 0.6 is 0 Å². The van der Waals surface area contributed by atoms with E-state index in [1.807, 2.05) is 30.3 Å². The summed E-state index contributed by atoms with van der Waals surface area (Å²) in [6.07, 6.45) is -0.0606. The Bertz CT molecular complexity index is 421. The molecule has 1 fully saturated rings. The lowest BCUT2D eigenvalue weighted by atomic mass is 10.2. The Balaban J connectivity index is 1.55. The number of hydrogen-bond acceptors (Lipinski definition) is 5. The number of nitrogens with one attached hydrogen (secondary N) is 3. The van der Waals surface area contributed by atoms with E-state index in [0.29, 0.717) is 12.6 Å². The number of benzene rings is 1. The summed E-state index contributed by atoms with van der Waals surface area (Å²) in [4.78, 5) is 11.5. The molecule has 1 aromatic carbocycles. The van der Waals surface area contributed by atoms with E-state index >= 15 is 0 Å². The molecule has 21 heavy (non-hydrogen) atoms. The maximum absolute atomic E-state index is 11.5. The first-order valence-corrected chi connectivity index (χ1v) is 7.31.